The Morgan fingerprint density at radius 1 is 1.00 bits per heavy atom. The quantitative estimate of drug-likeness (QED) is 0.276. The molecule has 0 spiro atoms. The summed E-state index contributed by atoms with van der Waals surface area (Å²) in [7, 11) is -4.03. The Morgan fingerprint density at radius 3 is 2.40 bits per heavy atom. The maximum absolute atomic E-state index is 13.4. The van der Waals surface area contributed by atoms with Crippen LogP contribution in [0.15, 0.2) is 59.5 Å². The molecule has 3 rings (SSSR count). The maximum Gasteiger partial charge on any atom is 0.325 e. The Bertz CT molecular complexity index is 1290. The first-order valence-electron chi connectivity index (χ1n) is 11.5. The fourth-order valence-corrected chi connectivity index (χ4v) is 6.19. The van der Waals surface area contributed by atoms with Gasteiger partial charge in [-0.1, -0.05) is 36.4 Å². The van der Waals surface area contributed by atoms with Crippen LogP contribution in [-0.2, 0) is 37.2 Å². The lowest BCUT2D eigenvalue weighted by atomic mass is 10.1. The molecule has 2 aromatic carbocycles. The van der Waals surface area contributed by atoms with E-state index in [1.807, 2.05) is 30.3 Å². The summed E-state index contributed by atoms with van der Waals surface area (Å²) in [4.78, 5) is 25.7. The zero-order valence-electron chi connectivity index (χ0n) is 20.1. The molecule has 2 N–H and O–H groups in total. The van der Waals surface area contributed by atoms with E-state index >= 15 is 0 Å². The molecule has 0 saturated heterocycles. The second-order valence-electron chi connectivity index (χ2n) is 9.36. The average molecular weight is 518 g/mol. The number of thiophene rings is 1. The second-order valence-corrected chi connectivity index (χ2v) is 12.3. The highest BCUT2D eigenvalue weighted by Crippen LogP contribution is 2.25. The SMILES string of the molecule is CC(C)(C)OC(=O)[C@H](Cc1ccc(CCCCC(=O)O)s1)NS(=O)(=O)c1cccc2ccccc12. The summed E-state index contributed by atoms with van der Waals surface area (Å²) in [5.41, 5.74) is -0.773. The fourth-order valence-electron chi connectivity index (χ4n) is 3.67. The van der Waals surface area contributed by atoms with Crippen molar-refractivity contribution in [3.63, 3.8) is 0 Å². The first kappa shape index (κ1) is 26.8. The topological polar surface area (TPSA) is 110 Å². The van der Waals surface area contributed by atoms with Gasteiger partial charge in [-0.2, -0.15) is 4.72 Å². The van der Waals surface area contributed by atoms with E-state index in [1.165, 1.54) is 17.4 Å². The highest BCUT2D eigenvalue weighted by molar-refractivity contribution is 7.89. The first-order valence-corrected chi connectivity index (χ1v) is 13.8. The second kappa shape index (κ2) is 11.3. The number of hydrogen-bond acceptors (Lipinski definition) is 6. The molecule has 1 atom stereocenters. The van der Waals surface area contributed by atoms with Crippen LogP contribution in [0.5, 0.6) is 0 Å². The molecule has 0 amide bonds. The molecule has 0 bridgehead atoms. The predicted molar refractivity (Wildman–Crippen MR) is 137 cm³/mol. The number of sulfonamides is 1. The Hall–Kier alpha value is -2.75. The maximum atomic E-state index is 13.4. The van der Waals surface area contributed by atoms with Gasteiger partial charge in [-0.25, -0.2) is 8.42 Å². The largest absolute Gasteiger partial charge is 0.481 e. The van der Waals surface area contributed by atoms with Crippen LogP contribution >= 0.6 is 11.3 Å². The normalized spacial score (nSPS) is 13.0. The van der Waals surface area contributed by atoms with Gasteiger partial charge in [-0.3, -0.25) is 9.59 Å². The number of carboxylic acid groups (broad SMARTS) is 1. The van der Waals surface area contributed by atoms with Gasteiger partial charge < -0.3 is 9.84 Å². The molecule has 1 aromatic heterocycles. The first-order chi connectivity index (χ1) is 16.4. The van der Waals surface area contributed by atoms with Crippen molar-refractivity contribution < 1.29 is 27.9 Å². The van der Waals surface area contributed by atoms with Crippen molar-refractivity contribution in [1.82, 2.24) is 4.72 Å². The molecule has 0 aliphatic heterocycles. The van der Waals surface area contributed by atoms with Crippen LogP contribution in [0.1, 0.15) is 49.8 Å². The van der Waals surface area contributed by atoms with Crippen LogP contribution in [0, 0.1) is 0 Å². The van der Waals surface area contributed by atoms with Crippen molar-refractivity contribution in [2.75, 3.05) is 0 Å². The third-order valence-corrected chi connectivity index (χ3v) is 7.91. The third kappa shape index (κ3) is 7.88. The van der Waals surface area contributed by atoms with E-state index in [0.29, 0.717) is 11.8 Å². The number of rotatable bonds is 11. The van der Waals surface area contributed by atoms with E-state index in [4.69, 9.17) is 9.84 Å². The van der Waals surface area contributed by atoms with Gasteiger partial charge in [-0.15, -0.1) is 11.3 Å². The van der Waals surface area contributed by atoms with E-state index in [2.05, 4.69) is 4.72 Å². The number of hydrogen-bond donors (Lipinski definition) is 2. The number of carboxylic acids is 1. The van der Waals surface area contributed by atoms with Gasteiger partial charge in [0.25, 0.3) is 0 Å². The van der Waals surface area contributed by atoms with E-state index < -0.39 is 33.6 Å². The monoisotopic (exact) mass is 517 g/mol. The van der Waals surface area contributed by atoms with E-state index in [0.717, 1.165) is 28.0 Å². The minimum absolute atomic E-state index is 0.106. The predicted octanol–water partition coefficient (Wildman–Crippen LogP) is 4.93. The Morgan fingerprint density at radius 2 is 1.69 bits per heavy atom. The Labute approximate surface area is 210 Å². The lowest BCUT2D eigenvalue weighted by Crippen LogP contribution is -2.45. The van der Waals surface area contributed by atoms with Gasteiger partial charge in [0.1, 0.15) is 11.6 Å². The number of carbonyl (C=O) groups is 2. The molecule has 7 nitrogen and oxygen atoms in total. The van der Waals surface area contributed by atoms with Crippen molar-refractivity contribution in [3.8, 4) is 0 Å². The number of aliphatic carboxylic acids is 1. The van der Waals surface area contributed by atoms with Gasteiger partial charge in [-0.05, 0) is 63.6 Å². The summed E-state index contributed by atoms with van der Waals surface area (Å²) < 4.78 is 34.9. The summed E-state index contributed by atoms with van der Waals surface area (Å²) in [5, 5.41) is 10.1. The third-order valence-electron chi connectivity index (χ3n) is 5.21. The van der Waals surface area contributed by atoms with Crippen LogP contribution in [0.4, 0.5) is 0 Å². The minimum Gasteiger partial charge on any atom is -0.481 e. The van der Waals surface area contributed by atoms with E-state index in [-0.39, 0.29) is 17.7 Å². The summed E-state index contributed by atoms with van der Waals surface area (Å²) >= 11 is 1.49. The Balaban J connectivity index is 1.81. The molecule has 35 heavy (non-hydrogen) atoms. The summed E-state index contributed by atoms with van der Waals surface area (Å²) in [6.45, 7) is 5.21. The van der Waals surface area contributed by atoms with Crippen molar-refractivity contribution in [1.29, 1.82) is 0 Å². The number of fused-ring (bicyclic) bond motifs is 1. The molecule has 188 valence electrons. The summed E-state index contributed by atoms with van der Waals surface area (Å²) in [5.74, 6) is -1.45. The lowest BCUT2D eigenvalue weighted by Gasteiger charge is -2.24. The van der Waals surface area contributed by atoms with Gasteiger partial charge in [0.15, 0.2) is 0 Å². The average Bonchev–Trinajstić information content (AvgIpc) is 3.21. The van der Waals surface area contributed by atoms with Gasteiger partial charge in [0, 0.05) is 28.0 Å². The number of carbonyl (C=O) groups excluding carboxylic acids is 1. The van der Waals surface area contributed by atoms with Crippen LogP contribution in [0.3, 0.4) is 0 Å². The van der Waals surface area contributed by atoms with Crippen LogP contribution < -0.4 is 4.72 Å². The zero-order chi connectivity index (χ0) is 25.6. The minimum atomic E-state index is -4.03. The molecule has 0 radical (unpaired) electrons. The van der Waals surface area contributed by atoms with Crippen molar-refractivity contribution in [2.24, 2.45) is 0 Å². The van der Waals surface area contributed by atoms with E-state index in [9.17, 15) is 18.0 Å². The number of unbranched alkanes of at least 4 members (excludes halogenated alkanes) is 1. The van der Waals surface area contributed by atoms with Crippen molar-refractivity contribution >= 4 is 44.1 Å². The molecule has 3 aromatic rings. The number of benzene rings is 2. The number of ether oxygens (including phenoxy) is 1. The van der Waals surface area contributed by atoms with Gasteiger partial charge >= 0.3 is 11.9 Å². The molecule has 0 aliphatic rings. The molecule has 9 heteroatoms. The van der Waals surface area contributed by atoms with Gasteiger partial charge in [0.05, 0.1) is 4.90 Å². The molecular formula is C26H31NO6S2. The van der Waals surface area contributed by atoms with Crippen LogP contribution in [0.2, 0.25) is 0 Å². The molecule has 0 saturated carbocycles. The fraction of sp³-hybridized carbons (Fsp3) is 0.385. The zero-order valence-corrected chi connectivity index (χ0v) is 21.7. The number of esters is 1. The molecule has 1 heterocycles. The molecule has 0 fully saturated rings. The molecule has 0 aliphatic carbocycles. The lowest BCUT2D eigenvalue weighted by molar-refractivity contribution is -0.156. The number of nitrogens with one attached hydrogen (secondary N) is 1. The van der Waals surface area contributed by atoms with Crippen molar-refractivity contribution in [2.45, 2.75) is 69.4 Å². The van der Waals surface area contributed by atoms with Gasteiger partial charge in [0.2, 0.25) is 10.0 Å². The van der Waals surface area contributed by atoms with Crippen LogP contribution in [0.25, 0.3) is 10.8 Å². The Kier molecular flexibility index (Phi) is 8.69. The summed E-state index contributed by atoms with van der Waals surface area (Å²) in [6, 6.07) is 14.9. The number of aryl methyl sites for hydroxylation is 1. The van der Waals surface area contributed by atoms with E-state index in [1.54, 1.807) is 39.0 Å². The highest BCUT2D eigenvalue weighted by Gasteiger charge is 2.31. The standard InChI is InChI=1S/C26H31NO6S2/c1-26(2,3)33-25(30)22(17-20-16-15-19(34-20)11-5-7-14-24(28)29)27-35(31,32)23-13-8-10-18-9-4-6-12-21(18)23/h4,6,8-10,12-13,15-16,22,27H,5,7,11,14,17H2,1-3H3,(H,28,29)/t22-/m0/s1. The molecule has 0 unspecified atom stereocenters. The summed E-state index contributed by atoms with van der Waals surface area (Å²) in [6.07, 6.45) is 2.35. The smallest absolute Gasteiger partial charge is 0.325 e. The van der Waals surface area contributed by atoms with Crippen molar-refractivity contribution in [3.05, 3.63) is 64.4 Å². The highest BCUT2D eigenvalue weighted by atomic mass is 32.2. The van der Waals surface area contributed by atoms with Crippen LogP contribution in [-0.4, -0.2) is 37.1 Å². The molecular weight excluding hydrogens is 486 g/mol.